The summed E-state index contributed by atoms with van der Waals surface area (Å²) in [6, 6.07) is 4.59. The van der Waals surface area contributed by atoms with E-state index in [9.17, 15) is 13.2 Å². The van der Waals surface area contributed by atoms with Gasteiger partial charge in [0.1, 0.15) is 10.7 Å². The van der Waals surface area contributed by atoms with Crippen molar-refractivity contribution in [1.29, 1.82) is 0 Å². The van der Waals surface area contributed by atoms with Crippen LogP contribution < -0.4 is 16.2 Å². The molecule has 0 atom stereocenters. The summed E-state index contributed by atoms with van der Waals surface area (Å²) in [5, 5.41) is 8.24. The Morgan fingerprint density at radius 3 is 2.62 bits per heavy atom. The first-order valence-corrected chi connectivity index (χ1v) is 9.12. The highest BCUT2D eigenvalue weighted by atomic mass is 35.5. The van der Waals surface area contributed by atoms with E-state index in [4.69, 9.17) is 26.9 Å². The van der Waals surface area contributed by atoms with Crippen molar-refractivity contribution >= 4 is 33.2 Å². The zero-order valence-corrected chi connectivity index (χ0v) is 14.6. The van der Waals surface area contributed by atoms with Crippen LogP contribution in [0.3, 0.4) is 0 Å². The van der Waals surface area contributed by atoms with E-state index < -0.39 is 15.9 Å². The summed E-state index contributed by atoms with van der Waals surface area (Å²) in [5.41, 5.74) is 6.29. The average molecular weight is 372 g/mol. The molecule has 1 aromatic carbocycles. The highest BCUT2D eigenvalue weighted by molar-refractivity contribution is 7.89. The molecule has 0 spiro atoms. The first-order chi connectivity index (χ1) is 11.3. The van der Waals surface area contributed by atoms with E-state index in [0.717, 1.165) is 6.07 Å². The quantitative estimate of drug-likeness (QED) is 0.687. The van der Waals surface area contributed by atoms with Crippen LogP contribution in [0.15, 0.2) is 33.8 Å². The lowest BCUT2D eigenvalue weighted by Gasteiger charge is -2.18. The second-order valence-electron chi connectivity index (χ2n) is 5.18. The van der Waals surface area contributed by atoms with Gasteiger partial charge in [0, 0.05) is 0 Å². The summed E-state index contributed by atoms with van der Waals surface area (Å²) < 4.78 is 28.7. The average Bonchev–Trinajstić information content (AvgIpc) is 2.99. The molecule has 0 aliphatic heterocycles. The number of sulfonamides is 1. The van der Waals surface area contributed by atoms with Crippen LogP contribution >= 0.6 is 11.6 Å². The van der Waals surface area contributed by atoms with Gasteiger partial charge in [-0.2, -0.15) is 0 Å². The number of anilines is 1. The van der Waals surface area contributed by atoms with Gasteiger partial charge in [0.25, 0.3) is 5.91 Å². The molecule has 0 unspecified atom stereocenters. The predicted octanol–water partition coefficient (Wildman–Crippen LogP) is 2.24. The Kier molecular flexibility index (Phi) is 5.53. The molecule has 5 N–H and O–H groups in total. The maximum absolute atomic E-state index is 11.8. The van der Waals surface area contributed by atoms with Gasteiger partial charge in [-0.25, -0.2) is 13.6 Å². The highest BCUT2D eigenvalue weighted by Gasteiger charge is 2.24. The lowest BCUT2D eigenvalue weighted by Crippen LogP contribution is -2.20. The minimum atomic E-state index is -4.09. The van der Waals surface area contributed by atoms with E-state index in [1.807, 2.05) is 6.92 Å². The Labute approximate surface area is 145 Å². The summed E-state index contributed by atoms with van der Waals surface area (Å²) in [6.07, 6.45) is 2.65. The molecule has 0 fully saturated rings. The number of carbonyl (C=O) groups is 1. The number of primary amides is 1. The number of carbonyl (C=O) groups excluding carboxylic acids is 1. The Morgan fingerprint density at radius 1 is 1.42 bits per heavy atom. The van der Waals surface area contributed by atoms with Gasteiger partial charge in [0.05, 0.1) is 29.1 Å². The Bertz CT molecular complexity index is 848. The van der Waals surface area contributed by atoms with Crippen molar-refractivity contribution in [2.75, 3.05) is 5.32 Å². The number of amides is 1. The fraction of sp³-hybridized carbons (Fsp3) is 0.267. The van der Waals surface area contributed by atoms with E-state index in [2.05, 4.69) is 5.32 Å². The summed E-state index contributed by atoms with van der Waals surface area (Å²) >= 11 is 6.24. The maximum atomic E-state index is 11.8. The summed E-state index contributed by atoms with van der Waals surface area (Å²) in [7, 11) is -4.09. The molecule has 1 aromatic heterocycles. The Hall–Kier alpha value is -2.03. The molecule has 1 heterocycles. The van der Waals surface area contributed by atoms with Gasteiger partial charge < -0.3 is 15.5 Å². The van der Waals surface area contributed by atoms with Crippen LogP contribution in [0.25, 0.3) is 0 Å². The predicted molar refractivity (Wildman–Crippen MR) is 91.4 cm³/mol. The van der Waals surface area contributed by atoms with E-state index in [-0.39, 0.29) is 22.0 Å². The number of hydrogen-bond donors (Lipinski definition) is 3. The molecule has 0 aliphatic rings. The van der Waals surface area contributed by atoms with Gasteiger partial charge in [-0.05, 0) is 30.2 Å². The largest absolute Gasteiger partial charge is 0.467 e. The molecular weight excluding hydrogens is 354 g/mol. The molecule has 9 heteroatoms. The number of nitrogens with two attached hydrogens (primary N) is 2. The van der Waals surface area contributed by atoms with Gasteiger partial charge in [-0.15, -0.1) is 0 Å². The minimum absolute atomic E-state index is 0.00806. The number of primary sulfonamides is 1. The number of benzene rings is 1. The van der Waals surface area contributed by atoms with Crippen LogP contribution in [0.1, 0.15) is 35.0 Å². The van der Waals surface area contributed by atoms with Crippen LogP contribution in [-0.2, 0) is 23.0 Å². The monoisotopic (exact) mass is 371 g/mol. The third kappa shape index (κ3) is 3.89. The number of rotatable bonds is 7. The number of halogens is 1. The van der Waals surface area contributed by atoms with Gasteiger partial charge >= 0.3 is 0 Å². The van der Waals surface area contributed by atoms with Crippen molar-refractivity contribution in [3.8, 4) is 0 Å². The van der Waals surface area contributed by atoms with E-state index in [1.54, 1.807) is 12.1 Å². The number of hydrogen-bond acceptors (Lipinski definition) is 5. The van der Waals surface area contributed by atoms with Gasteiger partial charge in [-0.1, -0.05) is 24.9 Å². The van der Waals surface area contributed by atoms with Gasteiger partial charge in [0.2, 0.25) is 10.0 Å². The van der Waals surface area contributed by atoms with Crippen molar-refractivity contribution < 1.29 is 17.6 Å². The molecule has 0 radical (unpaired) electrons. The SMILES string of the molecule is CCCc1c(Cl)c(S(N)(=O)=O)cc(C(N)=O)c1NCc1ccco1. The second kappa shape index (κ2) is 7.25. The van der Waals surface area contributed by atoms with Crippen LogP contribution in [0.4, 0.5) is 5.69 Å². The Balaban J connectivity index is 2.61. The standard InChI is InChI=1S/C15H18ClN3O4S/c1-2-4-10-13(16)12(24(18,21)22)7-11(15(17)20)14(10)19-8-9-5-3-6-23-9/h3,5-7,19H,2,4,8H2,1H3,(H2,17,20)(H2,18,21,22). The van der Waals surface area contributed by atoms with Crippen molar-refractivity contribution in [1.82, 2.24) is 0 Å². The van der Waals surface area contributed by atoms with Gasteiger partial charge in [0.15, 0.2) is 0 Å². The van der Waals surface area contributed by atoms with Crippen molar-refractivity contribution in [2.45, 2.75) is 31.2 Å². The van der Waals surface area contributed by atoms with E-state index in [0.29, 0.717) is 29.9 Å². The molecule has 2 aromatic rings. The van der Waals surface area contributed by atoms with Crippen LogP contribution in [0, 0.1) is 0 Å². The lowest BCUT2D eigenvalue weighted by atomic mass is 10.0. The van der Waals surface area contributed by atoms with Crippen molar-refractivity contribution in [2.24, 2.45) is 10.9 Å². The summed E-state index contributed by atoms with van der Waals surface area (Å²) in [6.45, 7) is 2.19. The minimum Gasteiger partial charge on any atom is -0.467 e. The molecule has 1 amide bonds. The Morgan fingerprint density at radius 2 is 2.12 bits per heavy atom. The summed E-state index contributed by atoms with van der Waals surface area (Å²) in [4.78, 5) is 11.5. The summed E-state index contributed by atoms with van der Waals surface area (Å²) in [5.74, 6) is -0.143. The molecular formula is C15H18ClN3O4S. The number of furan rings is 1. The molecule has 2 rings (SSSR count). The second-order valence-corrected chi connectivity index (χ2v) is 7.09. The lowest BCUT2D eigenvalue weighted by molar-refractivity contribution is 0.100. The highest BCUT2D eigenvalue weighted by Crippen LogP contribution is 2.35. The first-order valence-electron chi connectivity index (χ1n) is 7.20. The third-order valence-electron chi connectivity index (χ3n) is 3.42. The smallest absolute Gasteiger partial charge is 0.250 e. The van der Waals surface area contributed by atoms with Crippen molar-refractivity contribution in [3.05, 3.63) is 46.4 Å². The molecule has 130 valence electrons. The van der Waals surface area contributed by atoms with Gasteiger partial charge in [-0.3, -0.25) is 4.79 Å². The van der Waals surface area contributed by atoms with E-state index in [1.165, 1.54) is 6.26 Å². The van der Waals surface area contributed by atoms with E-state index >= 15 is 0 Å². The fourth-order valence-electron chi connectivity index (χ4n) is 2.36. The fourth-order valence-corrected chi connectivity index (χ4v) is 3.59. The molecule has 0 bridgehead atoms. The molecule has 0 aliphatic carbocycles. The van der Waals surface area contributed by atoms with Crippen LogP contribution in [0.2, 0.25) is 5.02 Å². The van der Waals surface area contributed by atoms with Crippen LogP contribution in [0.5, 0.6) is 0 Å². The third-order valence-corrected chi connectivity index (χ3v) is 4.90. The zero-order chi connectivity index (χ0) is 17.9. The molecule has 7 nitrogen and oxygen atoms in total. The zero-order valence-electron chi connectivity index (χ0n) is 13.0. The molecule has 0 saturated heterocycles. The first kappa shape index (κ1) is 18.3. The molecule has 24 heavy (non-hydrogen) atoms. The number of nitrogens with one attached hydrogen (secondary N) is 1. The topological polar surface area (TPSA) is 128 Å². The van der Waals surface area contributed by atoms with Crippen LogP contribution in [-0.4, -0.2) is 14.3 Å². The maximum Gasteiger partial charge on any atom is 0.250 e. The molecule has 0 saturated carbocycles. The normalized spacial score (nSPS) is 11.5. The van der Waals surface area contributed by atoms with Crippen molar-refractivity contribution in [3.63, 3.8) is 0 Å².